The first kappa shape index (κ1) is 17.3. The summed E-state index contributed by atoms with van der Waals surface area (Å²) >= 11 is 0. The molecule has 9 heteroatoms. The van der Waals surface area contributed by atoms with Crippen molar-refractivity contribution in [2.75, 3.05) is 32.5 Å². The second-order valence-corrected chi connectivity index (χ2v) is 6.05. The van der Waals surface area contributed by atoms with Gasteiger partial charge in [0.05, 0.1) is 13.2 Å². The predicted octanol–water partition coefficient (Wildman–Crippen LogP) is -0.243. The van der Waals surface area contributed by atoms with Crippen LogP contribution in [0.2, 0.25) is 0 Å². The molecule has 0 radical (unpaired) electrons. The smallest absolute Gasteiger partial charge is 0.244 e. The number of nitrogens with two attached hydrogens (primary N) is 1. The normalized spacial score (nSPS) is 11.4. The highest BCUT2D eigenvalue weighted by atomic mass is 32.2. The highest BCUT2D eigenvalue weighted by Crippen LogP contribution is 2.21. The minimum absolute atomic E-state index is 0.111. The number of carbonyl (C=O) groups excluding carboxylic acids is 1. The van der Waals surface area contributed by atoms with E-state index in [0.717, 1.165) is 6.07 Å². The van der Waals surface area contributed by atoms with E-state index in [2.05, 4.69) is 5.32 Å². The first-order valence-electron chi connectivity index (χ1n) is 6.09. The Morgan fingerprint density at radius 1 is 1.43 bits per heavy atom. The Morgan fingerprint density at radius 3 is 2.71 bits per heavy atom. The Labute approximate surface area is 122 Å². The maximum absolute atomic E-state index is 13.9. The van der Waals surface area contributed by atoms with Crippen LogP contribution in [0.25, 0.3) is 0 Å². The maximum atomic E-state index is 13.9. The molecule has 1 amide bonds. The van der Waals surface area contributed by atoms with Crippen LogP contribution >= 0.6 is 0 Å². The topological polar surface area (TPSA) is 111 Å². The molecule has 0 spiro atoms. The van der Waals surface area contributed by atoms with E-state index in [9.17, 15) is 17.6 Å². The van der Waals surface area contributed by atoms with E-state index in [1.54, 1.807) is 0 Å². The van der Waals surface area contributed by atoms with Gasteiger partial charge in [-0.1, -0.05) is 0 Å². The summed E-state index contributed by atoms with van der Waals surface area (Å²) in [5.41, 5.74) is 5.74. The number of benzene rings is 1. The molecule has 0 atom stereocenters. The van der Waals surface area contributed by atoms with Gasteiger partial charge in [-0.3, -0.25) is 4.79 Å². The molecule has 4 N–H and O–H groups in total. The molecule has 0 aliphatic heterocycles. The van der Waals surface area contributed by atoms with Gasteiger partial charge in [0.1, 0.15) is 10.7 Å². The van der Waals surface area contributed by atoms with E-state index < -0.39 is 33.2 Å². The van der Waals surface area contributed by atoms with Gasteiger partial charge in [0.25, 0.3) is 0 Å². The van der Waals surface area contributed by atoms with Crippen molar-refractivity contribution in [1.82, 2.24) is 10.0 Å². The van der Waals surface area contributed by atoms with Gasteiger partial charge in [-0.05, 0) is 24.6 Å². The van der Waals surface area contributed by atoms with E-state index in [1.165, 1.54) is 20.1 Å². The number of hydrogen-bond acceptors (Lipinski definition) is 5. The Kier molecular flexibility index (Phi) is 6.06. The Balaban J connectivity index is 2.77. The van der Waals surface area contributed by atoms with Crippen molar-refractivity contribution in [3.63, 3.8) is 0 Å². The zero-order chi connectivity index (χ0) is 16.0. The average molecular weight is 319 g/mol. The number of ether oxygens (including phenoxy) is 1. The minimum Gasteiger partial charge on any atom is -0.399 e. The van der Waals surface area contributed by atoms with Crippen molar-refractivity contribution in [3.8, 4) is 0 Å². The molecule has 7 nitrogen and oxygen atoms in total. The van der Waals surface area contributed by atoms with Crippen LogP contribution in [0.5, 0.6) is 0 Å². The molecular weight excluding hydrogens is 301 g/mol. The van der Waals surface area contributed by atoms with Gasteiger partial charge in [-0.25, -0.2) is 17.5 Å². The van der Waals surface area contributed by atoms with Crippen molar-refractivity contribution in [3.05, 3.63) is 23.5 Å². The van der Waals surface area contributed by atoms with Crippen LogP contribution < -0.4 is 15.8 Å². The highest BCUT2D eigenvalue weighted by molar-refractivity contribution is 7.89. The van der Waals surface area contributed by atoms with E-state index in [-0.39, 0.29) is 17.8 Å². The summed E-state index contributed by atoms with van der Waals surface area (Å²) in [6, 6.07) is 2.33. The zero-order valence-electron chi connectivity index (χ0n) is 11.8. The molecule has 21 heavy (non-hydrogen) atoms. The van der Waals surface area contributed by atoms with Gasteiger partial charge >= 0.3 is 0 Å². The van der Waals surface area contributed by atoms with Crippen molar-refractivity contribution >= 4 is 21.6 Å². The molecule has 0 aliphatic carbocycles. The van der Waals surface area contributed by atoms with Gasteiger partial charge in [0.2, 0.25) is 15.9 Å². The molecule has 0 saturated heterocycles. The number of methoxy groups -OCH3 is 1. The van der Waals surface area contributed by atoms with Crippen molar-refractivity contribution in [2.45, 2.75) is 11.8 Å². The molecular formula is C12H18FN3O4S. The third kappa shape index (κ3) is 4.96. The summed E-state index contributed by atoms with van der Waals surface area (Å²) in [6.07, 6.45) is 0. The number of aryl methyl sites for hydroxylation is 1. The van der Waals surface area contributed by atoms with Crippen molar-refractivity contribution in [1.29, 1.82) is 0 Å². The van der Waals surface area contributed by atoms with Crippen LogP contribution in [0.3, 0.4) is 0 Å². The molecule has 0 unspecified atom stereocenters. The van der Waals surface area contributed by atoms with Gasteiger partial charge in [-0.2, -0.15) is 0 Å². The van der Waals surface area contributed by atoms with E-state index in [1.807, 2.05) is 4.72 Å². The quantitative estimate of drug-likeness (QED) is 0.474. The summed E-state index contributed by atoms with van der Waals surface area (Å²) in [7, 11) is -2.69. The zero-order valence-corrected chi connectivity index (χ0v) is 12.6. The predicted molar refractivity (Wildman–Crippen MR) is 75.6 cm³/mol. The third-order valence-electron chi connectivity index (χ3n) is 2.58. The number of hydrogen-bond donors (Lipinski definition) is 3. The lowest BCUT2D eigenvalue weighted by Crippen LogP contribution is -2.38. The molecule has 0 saturated carbocycles. The molecule has 1 aromatic carbocycles. The van der Waals surface area contributed by atoms with Gasteiger partial charge < -0.3 is 15.8 Å². The van der Waals surface area contributed by atoms with Crippen LogP contribution in [0.4, 0.5) is 10.1 Å². The number of nitrogen functional groups attached to an aromatic ring is 1. The van der Waals surface area contributed by atoms with Crippen LogP contribution in [0, 0.1) is 12.7 Å². The molecule has 0 aromatic heterocycles. The largest absolute Gasteiger partial charge is 0.399 e. The number of nitrogens with one attached hydrogen (secondary N) is 2. The molecule has 1 rings (SSSR count). The molecule has 0 bridgehead atoms. The maximum Gasteiger partial charge on any atom is 0.244 e. The molecule has 1 aromatic rings. The summed E-state index contributed by atoms with van der Waals surface area (Å²) in [5.74, 6) is -1.44. The van der Waals surface area contributed by atoms with Crippen LogP contribution in [-0.4, -0.2) is 41.1 Å². The highest BCUT2D eigenvalue weighted by Gasteiger charge is 2.21. The van der Waals surface area contributed by atoms with Crippen LogP contribution in [-0.2, 0) is 19.6 Å². The second-order valence-electron chi connectivity index (χ2n) is 4.32. The lowest BCUT2D eigenvalue weighted by molar-refractivity contribution is -0.120. The van der Waals surface area contributed by atoms with Crippen LogP contribution in [0.15, 0.2) is 17.0 Å². The first-order valence-corrected chi connectivity index (χ1v) is 7.57. The Hall–Kier alpha value is -1.71. The number of sulfonamides is 1. The second kappa shape index (κ2) is 7.34. The van der Waals surface area contributed by atoms with Gasteiger partial charge in [-0.15, -0.1) is 0 Å². The molecule has 0 fully saturated rings. The fraction of sp³-hybridized carbons (Fsp3) is 0.417. The van der Waals surface area contributed by atoms with E-state index >= 15 is 0 Å². The first-order chi connectivity index (χ1) is 9.77. The van der Waals surface area contributed by atoms with E-state index in [0.29, 0.717) is 6.61 Å². The standard InChI is InChI=1S/C12H18FN3O4S/c1-8-5-9(14)6-10(12(8)13)21(18,19)16-7-11(17)15-3-4-20-2/h5-6,16H,3-4,7,14H2,1-2H3,(H,15,17). The number of amides is 1. The van der Waals surface area contributed by atoms with Crippen LogP contribution in [0.1, 0.15) is 5.56 Å². The number of halogens is 1. The fourth-order valence-corrected chi connectivity index (χ4v) is 2.72. The van der Waals surface area contributed by atoms with Crippen molar-refractivity contribution < 1.29 is 22.3 Å². The summed E-state index contributed by atoms with van der Waals surface area (Å²) in [4.78, 5) is 10.8. The molecule has 118 valence electrons. The SMILES string of the molecule is COCCNC(=O)CNS(=O)(=O)c1cc(N)cc(C)c1F. The average Bonchev–Trinajstić information content (AvgIpc) is 2.41. The minimum atomic E-state index is -4.16. The van der Waals surface area contributed by atoms with E-state index in [4.69, 9.17) is 10.5 Å². The monoisotopic (exact) mass is 319 g/mol. The Morgan fingerprint density at radius 2 is 2.10 bits per heavy atom. The third-order valence-corrected chi connectivity index (χ3v) is 3.98. The molecule has 0 heterocycles. The lowest BCUT2D eigenvalue weighted by atomic mass is 10.2. The van der Waals surface area contributed by atoms with Gasteiger partial charge in [0, 0.05) is 19.3 Å². The van der Waals surface area contributed by atoms with Crippen molar-refractivity contribution in [2.24, 2.45) is 0 Å². The fourth-order valence-electron chi connectivity index (χ4n) is 1.55. The molecule has 0 aliphatic rings. The van der Waals surface area contributed by atoms with Gasteiger partial charge in [0.15, 0.2) is 0 Å². The number of rotatable bonds is 7. The number of anilines is 1. The number of carbonyl (C=O) groups is 1. The summed E-state index contributed by atoms with van der Waals surface area (Å²) in [6.45, 7) is 1.46. The summed E-state index contributed by atoms with van der Waals surface area (Å²) < 4.78 is 44.6. The summed E-state index contributed by atoms with van der Waals surface area (Å²) in [5, 5.41) is 2.44. The Bertz CT molecular complexity index is 619. The lowest BCUT2D eigenvalue weighted by Gasteiger charge is -2.10.